The van der Waals surface area contributed by atoms with Crippen molar-refractivity contribution in [1.29, 1.82) is 0 Å². The fourth-order valence-electron chi connectivity index (χ4n) is 1.36. The SMILES string of the molecule is O=C(Cn1[nH]c(=O)ccc1=O)NCc1ncc[nH]1. The summed E-state index contributed by atoms with van der Waals surface area (Å²) in [7, 11) is 0. The van der Waals surface area contributed by atoms with Gasteiger partial charge in [0, 0.05) is 24.5 Å². The molecule has 0 saturated carbocycles. The molecule has 0 saturated heterocycles. The third kappa shape index (κ3) is 2.94. The van der Waals surface area contributed by atoms with Crippen LogP contribution in [0.25, 0.3) is 0 Å². The molecular weight excluding hydrogens is 238 g/mol. The van der Waals surface area contributed by atoms with Gasteiger partial charge in [0.15, 0.2) is 0 Å². The van der Waals surface area contributed by atoms with E-state index in [4.69, 9.17) is 0 Å². The lowest BCUT2D eigenvalue weighted by atomic mass is 10.5. The van der Waals surface area contributed by atoms with Crippen LogP contribution in [0.2, 0.25) is 0 Å². The number of amides is 1. The van der Waals surface area contributed by atoms with Gasteiger partial charge in [0.25, 0.3) is 11.1 Å². The molecular formula is C10H11N5O3. The predicted octanol–water partition coefficient (Wildman–Crippen LogP) is -1.42. The van der Waals surface area contributed by atoms with Gasteiger partial charge >= 0.3 is 0 Å². The predicted molar refractivity (Wildman–Crippen MR) is 61.8 cm³/mol. The number of imidazole rings is 1. The molecule has 2 aromatic rings. The second-order valence-corrected chi connectivity index (χ2v) is 3.55. The van der Waals surface area contributed by atoms with Crippen LogP contribution in [0.5, 0.6) is 0 Å². The molecule has 0 fully saturated rings. The Kier molecular flexibility index (Phi) is 3.37. The Morgan fingerprint density at radius 1 is 1.39 bits per heavy atom. The number of aromatic amines is 2. The number of carbonyl (C=O) groups excluding carboxylic acids is 1. The lowest BCUT2D eigenvalue weighted by molar-refractivity contribution is -0.122. The lowest BCUT2D eigenvalue weighted by Gasteiger charge is -2.05. The molecule has 2 aromatic heterocycles. The van der Waals surface area contributed by atoms with E-state index in [2.05, 4.69) is 20.4 Å². The number of aromatic nitrogens is 4. The standard InChI is InChI=1S/C10H11N5O3/c16-8-1-2-10(18)15(14-8)6-9(17)13-5-7-11-3-4-12-7/h1-4H,5-6H2,(H,11,12)(H,13,17)(H,14,16). The van der Waals surface area contributed by atoms with Crippen LogP contribution in [0.1, 0.15) is 5.82 Å². The zero-order valence-electron chi connectivity index (χ0n) is 9.34. The van der Waals surface area contributed by atoms with Crippen molar-refractivity contribution in [2.45, 2.75) is 13.1 Å². The second kappa shape index (κ2) is 5.13. The minimum Gasteiger partial charge on any atom is -0.347 e. The maximum Gasteiger partial charge on any atom is 0.265 e. The van der Waals surface area contributed by atoms with Gasteiger partial charge in [0.2, 0.25) is 5.91 Å². The number of nitrogens with one attached hydrogen (secondary N) is 3. The summed E-state index contributed by atoms with van der Waals surface area (Å²) >= 11 is 0. The summed E-state index contributed by atoms with van der Waals surface area (Å²) in [4.78, 5) is 40.6. The molecule has 1 amide bonds. The minimum atomic E-state index is -0.442. The van der Waals surface area contributed by atoms with Crippen LogP contribution in [0.4, 0.5) is 0 Å². The van der Waals surface area contributed by atoms with Gasteiger partial charge in [-0.25, -0.2) is 9.67 Å². The van der Waals surface area contributed by atoms with Crippen molar-refractivity contribution in [3.63, 3.8) is 0 Å². The molecule has 0 aliphatic rings. The fraction of sp³-hybridized carbons (Fsp3) is 0.200. The summed E-state index contributed by atoms with van der Waals surface area (Å²) in [5.74, 6) is 0.215. The van der Waals surface area contributed by atoms with Crippen molar-refractivity contribution in [3.8, 4) is 0 Å². The van der Waals surface area contributed by atoms with Gasteiger partial charge in [-0.1, -0.05) is 0 Å². The average molecular weight is 249 g/mol. The summed E-state index contributed by atoms with van der Waals surface area (Å²) in [5.41, 5.74) is -0.879. The van der Waals surface area contributed by atoms with E-state index < -0.39 is 17.0 Å². The summed E-state index contributed by atoms with van der Waals surface area (Å²) in [6.07, 6.45) is 3.21. The molecule has 8 heteroatoms. The highest BCUT2D eigenvalue weighted by Crippen LogP contribution is 1.86. The number of H-pyrrole nitrogens is 2. The Bertz CT molecular complexity index is 640. The number of rotatable bonds is 4. The van der Waals surface area contributed by atoms with Crippen LogP contribution in [0.15, 0.2) is 34.1 Å². The molecule has 0 spiro atoms. The largest absolute Gasteiger partial charge is 0.347 e. The van der Waals surface area contributed by atoms with E-state index in [-0.39, 0.29) is 13.1 Å². The van der Waals surface area contributed by atoms with E-state index in [0.717, 1.165) is 16.8 Å². The zero-order chi connectivity index (χ0) is 13.0. The van der Waals surface area contributed by atoms with Crippen LogP contribution in [-0.2, 0) is 17.9 Å². The minimum absolute atomic E-state index is 0.234. The number of hydrogen-bond donors (Lipinski definition) is 3. The maximum atomic E-state index is 11.5. The van der Waals surface area contributed by atoms with E-state index >= 15 is 0 Å². The van der Waals surface area contributed by atoms with Gasteiger partial charge in [-0.3, -0.25) is 19.5 Å². The van der Waals surface area contributed by atoms with Gasteiger partial charge in [0.05, 0.1) is 6.54 Å². The number of carbonyl (C=O) groups is 1. The molecule has 0 aliphatic carbocycles. The number of nitrogens with zero attached hydrogens (tertiary/aromatic N) is 2. The Morgan fingerprint density at radius 2 is 2.22 bits per heavy atom. The molecule has 0 atom stereocenters. The first-order chi connectivity index (χ1) is 8.65. The molecule has 0 aromatic carbocycles. The molecule has 3 N–H and O–H groups in total. The Morgan fingerprint density at radius 3 is 2.94 bits per heavy atom. The van der Waals surface area contributed by atoms with Crippen LogP contribution in [-0.4, -0.2) is 25.7 Å². The molecule has 0 radical (unpaired) electrons. The van der Waals surface area contributed by atoms with E-state index in [9.17, 15) is 14.4 Å². The van der Waals surface area contributed by atoms with Crippen molar-refractivity contribution in [3.05, 3.63) is 51.1 Å². The quantitative estimate of drug-likeness (QED) is 0.617. The molecule has 0 aliphatic heterocycles. The van der Waals surface area contributed by atoms with Crippen molar-refractivity contribution >= 4 is 5.91 Å². The second-order valence-electron chi connectivity index (χ2n) is 3.55. The Labute approximate surface area is 101 Å². The highest BCUT2D eigenvalue weighted by molar-refractivity contribution is 5.75. The van der Waals surface area contributed by atoms with Crippen molar-refractivity contribution in [2.24, 2.45) is 0 Å². The first kappa shape index (κ1) is 11.8. The van der Waals surface area contributed by atoms with E-state index in [1.807, 2.05) is 0 Å². The van der Waals surface area contributed by atoms with Crippen LogP contribution in [0, 0.1) is 0 Å². The molecule has 0 bridgehead atoms. The summed E-state index contributed by atoms with van der Waals surface area (Å²) < 4.78 is 0.944. The molecule has 2 heterocycles. The Hall–Kier alpha value is -2.64. The van der Waals surface area contributed by atoms with Crippen LogP contribution < -0.4 is 16.4 Å². The van der Waals surface area contributed by atoms with Gasteiger partial charge in [-0.15, -0.1) is 0 Å². The average Bonchev–Trinajstić information content (AvgIpc) is 2.84. The first-order valence-electron chi connectivity index (χ1n) is 5.20. The molecule has 0 unspecified atom stereocenters. The monoisotopic (exact) mass is 249 g/mol. The number of hydrogen-bond acceptors (Lipinski definition) is 4. The van der Waals surface area contributed by atoms with Crippen LogP contribution in [0.3, 0.4) is 0 Å². The van der Waals surface area contributed by atoms with Gasteiger partial charge in [0.1, 0.15) is 12.4 Å². The van der Waals surface area contributed by atoms with E-state index in [0.29, 0.717) is 5.82 Å². The summed E-state index contributed by atoms with van der Waals surface area (Å²) in [5, 5.41) is 4.83. The Balaban J connectivity index is 1.97. The van der Waals surface area contributed by atoms with E-state index in [1.54, 1.807) is 12.4 Å². The van der Waals surface area contributed by atoms with Crippen LogP contribution >= 0.6 is 0 Å². The highest BCUT2D eigenvalue weighted by Gasteiger charge is 2.05. The first-order valence-corrected chi connectivity index (χ1v) is 5.20. The fourth-order valence-corrected chi connectivity index (χ4v) is 1.36. The van der Waals surface area contributed by atoms with Gasteiger partial charge in [-0.05, 0) is 0 Å². The van der Waals surface area contributed by atoms with E-state index in [1.165, 1.54) is 0 Å². The molecule has 18 heavy (non-hydrogen) atoms. The normalized spacial score (nSPS) is 10.2. The molecule has 2 rings (SSSR count). The summed E-state index contributed by atoms with van der Waals surface area (Å²) in [6, 6.07) is 2.22. The van der Waals surface area contributed by atoms with Crippen molar-refractivity contribution in [1.82, 2.24) is 25.1 Å². The third-order valence-corrected chi connectivity index (χ3v) is 2.20. The zero-order valence-corrected chi connectivity index (χ0v) is 9.34. The van der Waals surface area contributed by atoms with Crippen molar-refractivity contribution < 1.29 is 4.79 Å². The maximum absolute atomic E-state index is 11.5. The van der Waals surface area contributed by atoms with Gasteiger partial charge < -0.3 is 10.3 Å². The molecule has 8 nitrogen and oxygen atoms in total. The lowest BCUT2D eigenvalue weighted by Crippen LogP contribution is -2.35. The molecule has 94 valence electrons. The smallest absolute Gasteiger partial charge is 0.265 e. The topological polar surface area (TPSA) is 113 Å². The third-order valence-electron chi connectivity index (χ3n) is 2.20. The van der Waals surface area contributed by atoms with Gasteiger partial charge in [-0.2, -0.15) is 0 Å². The highest BCUT2D eigenvalue weighted by atomic mass is 16.2. The summed E-state index contributed by atoms with van der Waals surface area (Å²) in [6.45, 7) is -0.00668. The van der Waals surface area contributed by atoms with Crippen molar-refractivity contribution in [2.75, 3.05) is 0 Å².